The van der Waals surface area contributed by atoms with Crippen molar-refractivity contribution in [2.75, 3.05) is 0 Å². The van der Waals surface area contributed by atoms with E-state index in [1.165, 1.54) is 44.5 Å². The van der Waals surface area contributed by atoms with Crippen LogP contribution in [0.15, 0.2) is 206 Å². The molecule has 270 valence electrons. The Morgan fingerprint density at radius 2 is 0.862 bits per heavy atom. The molecular formula is C54H34N4. The number of fused-ring (bicyclic) bond motifs is 11. The van der Waals surface area contributed by atoms with Gasteiger partial charge in [-0.3, -0.25) is 4.40 Å². The number of imidazole rings is 1. The molecule has 0 atom stereocenters. The first-order valence-corrected chi connectivity index (χ1v) is 19.8. The summed E-state index contributed by atoms with van der Waals surface area (Å²) in [7, 11) is 0. The van der Waals surface area contributed by atoms with Crippen LogP contribution in [0.4, 0.5) is 0 Å². The molecule has 4 heteroatoms. The second-order valence-corrected chi connectivity index (χ2v) is 15.1. The molecule has 2 aliphatic rings. The van der Waals surface area contributed by atoms with Crippen molar-refractivity contribution in [2.24, 2.45) is 0 Å². The highest BCUT2D eigenvalue weighted by Crippen LogP contribution is 2.63. The van der Waals surface area contributed by atoms with E-state index in [1.807, 2.05) is 12.1 Å². The minimum Gasteiger partial charge on any atom is -0.299 e. The zero-order valence-corrected chi connectivity index (χ0v) is 31.4. The fourth-order valence-electron chi connectivity index (χ4n) is 9.67. The molecule has 0 unspecified atom stereocenters. The Bertz CT molecular complexity index is 3170. The predicted molar refractivity (Wildman–Crippen MR) is 234 cm³/mol. The van der Waals surface area contributed by atoms with Crippen molar-refractivity contribution in [2.45, 2.75) is 5.41 Å². The zero-order valence-electron chi connectivity index (χ0n) is 31.4. The van der Waals surface area contributed by atoms with Crippen LogP contribution in [0.3, 0.4) is 0 Å². The van der Waals surface area contributed by atoms with Gasteiger partial charge in [0, 0.05) is 34.0 Å². The maximum Gasteiger partial charge on any atom is 0.160 e. The van der Waals surface area contributed by atoms with Crippen LogP contribution in [-0.2, 0) is 5.41 Å². The third-order valence-corrected chi connectivity index (χ3v) is 12.1. The van der Waals surface area contributed by atoms with E-state index < -0.39 is 5.41 Å². The predicted octanol–water partition coefficient (Wildman–Crippen LogP) is 12.8. The molecule has 1 spiro atoms. The normalized spacial score (nSPS) is 13.0. The highest BCUT2D eigenvalue weighted by atomic mass is 15.0. The molecule has 3 aromatic heterocycles. The number of hydrogen-bond donors (Lipinski definition) is 0. The van der Waals surface area contributed by atoms with E-state index in [2.05, 4.69) is 199 Å². The Kier molecular flexibility index (Phi) is 7.11. The maximum atomic E-state index is 5.47. The molecule has 0 N–H and O–H groups in total. The summed E-state index contributed by atoms with van der Waals surface area (Å²) in [5.74, 6) is 0.679. The first-order valence-electron chi connectivity index (χ1n) is 19.8. The Hall–Kier alpha value is -7.69. The molecule has 0 saturated heterocycles. The Morgan fingerprint density at radius 1 is 0.345 bits per heavy atom. The summed E-state index contributed by atoms with van der Waals surface area (Å²) < 4.78 is 2.18. The van der Waals surface area contributed by atoms with E-state index in [0.717, 1.165) is 56.2 Å². The van der Waals surface area contributed by atoms with E-state index in [9.17, 15) is 0 Å². The summed E-state index contributed by atoms with van der Waals surface area (Å²) in [4.78, 5) is 16.1. The first kappa shape index (κ1) is 32.5. The molecule has 0 fully saturated rings. The summed E-state index contributed by atoms with van der Waals surface area (Å²) in [5.41, 5.74) is 19.5. The lowest BCUT2D eigenvalue weighted by molar-refractivity contribution is 0.794. The van der Waals surface area contributed by atoms with Gasteiger partial charge < -0.3 is 0 Å². The summed E-state index contributed by atoms with van der Waals surface area (Å²) in [6.45, 7) is 0. The van der Waals surface area contributed by atoms with Gasteiger partial charge in [-0.2, -0.15) is 0 Å². The number of pyridine rings is 1. The number of aromatic nitrogens is 4. The van der Waals surface area contributed by atoms with Crippen molar-refractivity contribution in [3.05, 3.63) is 229 Å². The molecule has 4 nitrogen and oxygen atoms in total. The van der Waals surface area contributed by atoms with Crippen molar-refractivity contribution in [1.82, 2.24) is 19.4 Å². The maximum absolute atomic E-state index is 5.47. The molecule has 58 heavy (non-hydrogen) atoms. The van der Waals surface area contributed by atoms with Gasteiger partial charge in [-0.1, -0.05) is 176 Å². The van der Waals surface area contributed by atoms with Gasteiger partial charge in [0.15, 0.2) is 5.82 Å². The van der Waals surface area contributed by atoms with Crippen LogP contribution >= 0.6 is 0 Å². The third-order valence-electron chi connectivity index (χ3n) is 12.1. The molecule has 2 aliphatic carbocycles. The fourth-order valence-corrected chi connectivity index (χ4v) is 9.67. The molecule has 3 heterocycles. The SMILES string of the molecule is c1ccc(-c2cc(-c3ccccc3-c3nc4ccccn4c3-c3ccccc3)nc(-c3ccc4c(c3)C3(c5ccccc5-c5ccccc53)c3ccccc3-4)n2)cc1. The molecular weight excluding hydrogens is 705 g/mol. The molecule has 0 amide bonds. The summed E-state index contributed by atoms with van der Waals surface area (Å²) in [6.07, 6.45) is 2.09. The van der Waals surface area contributed by atoms with Crippen LogP contribution in [0.2, 0.25) is 0 Å². The summed E-state index contributed by atoms with van der Waals surface area (Å²) in [6, 6.07) is 71.4. The van der Waals surface area contributed by atoms with Crippen molar-refractivity contribution in [3.63, 3.8) is 0 Å². The lowest BCUT2D eigenvalue weighted by Gasteiger charge is -2.30. The van der Waals surface area contributed by atoms with Gasteiger partial charge >= 0.3 is 0 Å². The Labute approximate surface area is 336 Å². The lowest BCUT2D eigenvalue weighted by Crippen LogP contribution is -2.25. The van der Waals surface area contributed by atoms with Crippen LogP contribution < -0.4 is 0 Å². The molecule has 10 aromatic rings. The molecule has 0 saturated carbocycles. The van der Waals surface area contributed by atoms with Crippen LogP contribution in [0.1, 0.15) is 22.3 Å². The molecule has 12 rings (SSSR count). The number of hydrogen-bond acceptors (Lipinski definition) is 3. The van der Waals surface area contributed by atoms with E-state index in [4.69, 9.17) is 15.0 Å². The minimum absolute atomic E-state index is 0.460. The van der Waals surface area contributed by atoms with Crippen molar-refractivity contribution >= 4 is 5.65 Å². The number of benzene rings is 7. The van der Waals surface area contributed by atoms with Gasteiger partial charge in [-0.25, -0.2) is 15.0 Å². The lowest BCUT2D eigenvalue weighted by atomic mass is 9.70. The number of rotatable bonds is 5. The summed E-state index contributed by atoms with van der Waals surface area (Å²) >= 11 is 0. The van der Waals surface area contributed by atoms with Gasteiger partial charge in [0.2, 0.25) is 0 Å². The zero-order chi connectivity index (χ0) is 38.2. The highest BCUT2D eigenvalue weighted by Gasteiger charge is 2.51. The van der Waals surface area contributed by atoms with Gasteiger partial charge in [0.1, 0.15) is 5.65 Å². The first-order chi connectivity index (χ1) is 28.8. The van der Waals surface area contributed by atoms with E-state index in [0.29, 0.717) is 5.82 Å². The highest BCUT2D eigenvalue weighted by molar-refractivity contribution is 5.96. The standard InChI is InChI=1S/C54H34N4/c1-3-17-35(18-4-1)48-34-49(42-24-7-8-25-43(42)51-52(36-19-5-2-6-20-36)58-32-16-15-29-50(58)57-51)56-53(55-48)37-30-31-41-40-23-11-14-28-46(40)54(47(41)33-37)44-26-12-9-21-38(44)39-22-10-13-27-45(39)54/h1-34H. The van der Waals surface area contributed by atoms with Gasteiger partial charge in [-0.15, -0.1) is 0 Å². The second-order valence-electron chi connectivity index (χ2n) is 15.1. The quantitative estimate of drug-likeness (QED) is 0.177. The monoisotopic (exact) mass is 738 g/mol. The minimum atomic E-state index is -0.460. The van der Waals surface area contributed by atoms with E-state index >= 15 is 0 Å². The Morgan fingerprint density at radius 3 is 1.52 bits per heavy atom. The second kappa shape index (κ2) is 12.7. The van der Waals surface area contributed by atoms with Gasteiger partial charge in [0.25, 0.3) is 0 Å². The van der Waals surface area contributed by atoms with E-state index in [1.54, 1.807) is 0 Å². The molecule has 7 aromatic carbocycles. The van der Waals surface area contributed by atoms with Crippen LogP contribution in [0.5, 0.6) is 0 Å². The average Bonchev–Trinajstić information content (AvgIpc) is 3.94. The van der Waals surface area contributed by atoms with Crippen molar-refractivity contribution in [3.8, 4) is 78.7 Å². The number of nitrogens with zero attached hydrogens (tertiary/aromatic N) is 4. The van der Waals surface area contributed by atoms with Crippen molar-refractivity contribution in [1.29, 1.82) is 0 Å². The topological polar surface area (TPSA) is 43.1 Å². The van der Waals surface area contributed by atoms with Crippen LogP contribution in [0, 0.1) is 0 Å². The summed E-state index contributed by atoms with van der Waals surface area (Å²) in [5, 5.41) is 0. The fraction of sp³-hybridized carbons (Fsp3) is 0.0185. The van der Waals surface area contributed by atoms with E-state index in [-0.39, 0.29) is 0 Å². The van der Waals surface area contributed by atoms with Gasteiger partial charge in [-0.05, 0) is 68.8 Å². The molecule has 0 aliphatic heterocycles. The van der Waals surface area contributed by atoms with Gasteiger partial charge in [0.05, 0.1) is 28.2 Å². The Balaban J connectivity index is 1.10. The van der Waals surface area contributed by atoms with Crippen LogP contribution in [-0.4, -0.2) is 19.4 Å². The molecule has 0 radical (unpaired) electrons. The largest absolute Gasteiger partial charge is 0.299 e. The van der Waals surface area contributed by atoms with Crippen molar-refractivity contribution < 1.29 is 0 Å². The third kappa shape index (κ3) is 4.66. The molecule has 0 bridgehead atoms. The van der Waals surface area contributed by atoms with Crippen LogP contribution in [0.25, 0.3) is 84.3 Å². The average molecular weight is 739 g/mol. The smallest absolute Gasteiger partial charge is 0.160 e.